The highest BCUT2D eigenvalue weighted by atomic mass is 32.1. The minimum atomic E-state index is -0.0600. The number of nitriles is 1. The summed E-state index contributed by atoms with van der Waals surface area (Å²) < 4.78 is 0. The van der Waals surface area contributed by atoms with Gasteiger partial charge in [-0.1, -0.05) is 0 Å². The highest BCUT2D eigenvalue weighted by molar-refractivity contribution is 7.96. The van der Waals surface area contributed by atoms with Gasteiger partial charge >= 0.3 is 0 Å². The van der Waals surface area contributed by atoms with Crippen LogP contribution < -0.4 is 0 Å². The van der Waals surface area contributed by atoms with E-state index in [-0.39, 0.29) is 11.0 Å². The van der Waals surface area contributed by atoms with Crippen molar-refractivity contribution in [1.29, 1.82) is 5.26 Å². The van der Waals surface area contributed by atoms with Gasteiger partial charge in [0.15, 0.2) is 5.12 Å². The first-order chi connectivity index (χ1) is 4.25. The molecule has 0 N–H and O–H groups in total. The van der Waals surface area contributed by atoms with E-state index in [1.165, 1.54) is 0 Å². The maximum atomic E-state index is 10.4. The van der Waals surface area contributed by atoms with Gasteiger partial charge in [0.1, 0.15) is 0 Å². The SMILES string of the molecule is N#CCC1CC1C(=O)S. The molecule has 0 amide bonds. The molecule has 9 heavy (non-hydrogen) atoms. The molecule has 0 bridgehead atoms. The largest absolute Gasteiger partial charge is 0.287 e. The Kier molecular flexibility index (Phi) is 1.77. The number of hydrogen-bond acceptors (Lipinski definition) is 2. The molecular weight excluding hydrogens is 134 g/mol. The summed E-state index contributed by atoms with van der Waals surface area (Å²) in [5, 5.41) is 8.13. The number of carbonyl (C=O) groups is 1. The highest BCUT2D eigenvalue weighted by Crippen LogP contribution is 2.42. The van der Waals surface area contributed by atoms with E-state index in [2.05, 4.69) is 12.6 Å². The molecule has 0 heterocycles. The van der Waals surface area contributed by atoms with Crippen LogP contribution in [0.3, 0.4) is 0 Å². The molecule has 0 saturated heterocycles. The van der Waals surface area contributed by atoms with Crippen LogP contribution in [-0.2, 0) is 4.79 Å². The lowest BCUT2D eigenvalue weighted by Crippen LogP contribution is -1.90. The van der Waals surface area contributed by atoms with Crippen LogP contribution in [0.1, 0.15) is 12.8 Å². The second-order valence-corrected chi connectivity index (χ2v) is 2.74. The van der Waals surface area contributed by atoms with Gasteiger partial charge < -0.3 is 0 Å². The quantitative estimate of drug-likeness (QED) is 0.583. The van der Waals surface area contributed by atoms with Gasteiger partial charge in [-0.15, -0.1) is 12.6 Å². The van der Waals surface area contributed by atoms with Gasteiger partial charge in [-0.25, -0.2) is 0 Å². The Hall–Kier alpha value is -0.490. The summed E-state index contributed by atoms with van der Waals surface area (Å²) in [6.45, 7) is 0. The average Bonchev–Trinajstić information content (AvgIpc) is 2.47. The molecule has 1 aliphatic carbocycles. The van der Waals surface area contributed by atoms with E-state index in [0.29, 0.717) is 12.3 Å². The van der Waals surface area contributed by atoms with Crippen molar-refractivity contribution in [2.75, 3.05) is 0 Å². The van der Waals surface area contributed by atoms with Crippen molar-refractivity contribution in [2.24, 2.45) is 11.8 Å². The lowest BCUT2D eigenvalue weighted by Gasteiger charge is -1.83. The fourth-order valence-electron chi connectivity index (χ4n) is 0.893. The minimum absolute atomic E-state index is 0.0600. The Morgan fingerprint density at radius 2 is 2.56 bits per heavy atom. The topological polar surface area (TPSA) is 40.9 Å². The molecule has 1 fully saturated rings. The van der Waals surface area contributed by atoms with Crippen molar-refractivity contribution < 1.29 is 4.79 Å². The van der Waals surface area contributed by atoms with E-state index in [9.17, 15) is 4.79 Å². The molecule has 1 saturated carbocycles. The van der Waals surface area contributed by atoms with Crippen molar-refractivity contribution in [3.63, 3.8) is 0 Å². The Morgan fingerprint density at radius 3 is 2.89 bits per heavy atom. The van der Waals surface area contributed by atoms with Gasteiger partial charge in [0.2, 0.25) is 0 Å². The van der Waals surface area contributed by atoms with Crippen LogP contribution in [0.5, 0.6) is 0 Å². The number of rotatable bonds is 2. The molecule has 0 radical (unpaired) electrons. The van der Waals surface area contributed by atoms with E-state index < -0.39 is 0 Å². The van der Waals surface area contributed by atoms with Crippen molar-refractivity contribution in [2.45, 2.75) is 12.8 Å². The second-order valence-electron chi connectivity index (χ2n) is 2.30. The fraction of sp³-hybridized carbons (Fsp3) is 0.667. The Bertz CT molecular complexity index is 172. The standard InChI is InChI=1S/C6H7NOS/c7-2-1-4-3-5(4)6(8)9/h4-5H,1,3H2,(H,8,9). The summed E-state index contributed by atoms with van der Waals surface area (Å²) in [6.07, 6.45) is 1.38. The first kappa shape index (κ1) is 6.63. The molecule has 1 aliphatic rings. The molecular formula is C6H7NOS. The molecule has 2 unspecified atom stereocenters. The van der Waals surface area contributed by atoms with Gasteiger partial charge in [-0.05, 0) is 12.3 Å². The zero-order valence-corrected chi connectivity index (χ0v) is 5.77. The maximum absolute atomic E-state index is 10.4. The first-order valence-corrected chi connectivity index (χ1v) is 3.30. The molecule has 0 aliphatic heterocycles. The highest BCUT2D eigenvalue weighted by Gasteiger charge is 2.40. The maximum Gasteiger partial charge on any atom is 0.189 e. The number of nitrogens with zero attached hydrogens (tertiary/aromatic N) is 1. The van der Waals surface area contributed by atoms with Crippen LogP contribution in [-0.4, -0.2) is 5.12 Å². The molecule has 48 valence electrons. The van der Waals surface area contributed by atoms with Crippen LogP contribution in [0.2, 0.25) is 0 Å². The fourth-order valence-corrected chi connectivity index (χ4v) is 1.21. The third-order valence-corrected chi connectivity index (χ3v) is 1.92. The third kappa shape index (κ3) is 1.46. The van der Waals surface area contributed by atoms with Gasteiger partial charge in [-0.3, -0.25) is 4.79 Å². The summed E-state index contributed by atoms with van der Waals surface area (Å²) in [4.78, 5) is 10.4. The third-order valence-electron chi connectivity index (χ3n) is 1.59. The van der Waals surface area contributed by atoms with Crippen LogP contribution in [0.25, 0.3) is 0 Å². The van der Waals surface area contributed by atoms with Crippen molar-refractivity contribution in [1.82, 2.24) is 0 Å². The van der Waals surface area contributed by atoms with E-state index in [4.69, 9.17) is 5.26 Å². The molecule has 1 rings (SSSR count). The molecule has 0 spiro atoms. The molecule has 2 atom stereocenters. The zero-order chi connectivity index (χ0) is 6.85. The lowest BCUT2D eigenvalue weighted by molar-refractivity contribution is -0.112. The van der Waals surface area contributed by atoms with Crippen LogP contribution in [0.15, 0.2) is 0 Å². The zero-order valence-electron chi connectivity index (χ0n) is 4.87. The van der Waals surface area contributed by atoms with Gasteiger partial charge in [0.25, 0.3) is 0 Å². The van der Waals surface area contributed by atoms with Crippen LogP contribution in [0.4, 0.5) is 0 Å². The number of hydrogen-bond donors (Lipinski definition) is 1. The van der Waals surface area contributed by atoms with Crippen LogP contribution >= 0.6 is 12.6 Å². The van der Waals surface area contributed by atoms with Crippen molar-refractivity contribution in [3.8, 4) is 6.07 Å². The monoisotopic (exact) mass is 141 g/mol. The van der Waals surface area contributed by atoms with Gasteiger partial charge in [-0.2, -0.15) is 5.26 Å². The first-order valence-electron chi connectivity index (χ1n) is 2.85. The second kappa shape index (κ2) is 2.40. The predicted molar refractivity (Wildman–Crippen MR) is 35.8 cm³/mol. The van der Waals surface area contributed by atoms with Crippen LogP contribution in [0, 0.1) is 23.2 Å². The Balaban J connectivity index is 2.27. The van der Waals surface area contributed by atoms with Gasteiger partial charge in [0.05, 0.1) is 6.07 Å². The summed E-state index contributed by atoms with van der Waals surface area (Å²) in [5.41, 5.74) is 0. The van der Waals surface area contributed by atoms with E-state index >= 15 is 0 Å². The Morgan fingerprint density at radius 1 is 1.89 bits per heavy atom. The molecule has 0 aromatic heterocycles. The van der Waals surface area contributed by atoms with E-state index in [1.54, 1.807) is 0 Å². The van der Waals surface area contributed by atoms with Crippen molar-refractivity contribution >= 4 is 17.7 Å². The lowest BCUT2D eigenvalue weighted by atomic mass is 10.3. The summed E-state index contributed by atoms with van der Waals surface area (Å²) in [5.74, 6) is 0.410. The Labute approximate surface area is 59.3 Å². The number of thiol groups is 1. The summed E-state index contributed by atoms with van der Waals surface area (Å²) in [6, 6.07) is 2.03. The van der Waals surface area contributed by atoms with E-state index in [1.807, 2.05) is 6.07 Å². The normalized spacial score (nSPS) is 31.1. The summed E-state index contributed by atoms with van der Waals surface area (Å²) >= 11 is 3.66. The minimum Gasteiger partial charge on any atom is -0.287 e. The molecule has 0 aromatic carbocycles. The smallest absolute Gasteiger partial charge is 0.189 e. The molecule has 2 nitrogen and oxygen atoms in total. The molecule has 3 heteroatoms. The average molecular weight is 141 g/mol. The van der Waals surface area contributed by atoms with E-state index in [0.717, 1.165) is 6.42 Å². The predicted octanol–water partition coefficient (Wildman–Crippen LogP) is 0.993. The van der Waals surface area contributed by atoms with Crippen molar-refractivity contribution in [3.05, 3.63) is 0 Å². The number of carbonyl (C=O) groups excluding carboxylic acids is 1. The van der Waals surface area contributed by atoms with Gasteiger partial charge in [0, 0.05) is 12.3 Å². The summed E-state index contributed by atoms with van der Waals surface area (Å²) in [7, 11) is 0. The molecule has 0 aromatic rings.